The van der Waals surface area contributed by atoms with Gasteiger partial charge in [0.05, 0.1) is 0 Å². The molecule has 1 aromatic rings. The molecule has 82 valence electrons. The Morgan fingerprint density at radius 3 is 2.38 bits per heavy atom. The van der Waals surface area contributed by atoms with E-state index in [1.54, 1.807) is 0 Å². The Labute approximate surface area is 96.2 Å². The van der Waals surface area contributed by atoms with Crippen LogP contribution in [0.5, 0.6) is 0 Å². The van der Waals surface area contributed by atoms with E-state index >= 15 is 0 Å². The fourth-order valence-corrected chi connectivity index (χ4v) is 1.93. The predicted octanol–water partition coefficient (Wildman–Crippen LogP) is 4.23. The van der Waals surface area contributed by atoms with E-state index in [1.807, 2.05) is 30.3 Å². The van der Waals surface area contributed by atoms with Crippen LogP contribution in [0.2, 0.25) is 0 Å². The van der Waals surface area contributed by atoms with Gasteiger partial charge in [-0.2, -0.15) is 4.39 Å². The summed E-state index contributed by atoms with van der Waals surface area (Å²) in [6, 6.07) is 9.55. The maximum Gasteiger partial charge on any atom is 0.172 e. The minimum Gasteiger partial charge on any atom is -0.197 e. The lowest BCUT2D eigenvalue weighted by atomic mass is 9.94. The average Bonchev–Trinajstić information content (AvgIpc) is 2.38. The van der Waals surface area contributed by atoms with Crippen LogP contribution in [0, 0.1) is 11.8 Å². The highest BCUT2D eigenvalue weighted by molar-refractivity contribution is 5.39. The minimum atomic E-state index is -0.205. The molecule has 0 saturated heterocycles. The molecule has 1 aromatic carbocycles. The van der Waals surface area contributed by atoms with Crippen molar-refractivity contribution in [1.29, 1.82) is 0 Å². The molecule has 0 unspecified atom stereocenters. The van der Waals surface area contributed by atoms with Gasteiger partial charge in [-0.05, 0) is 49.3 Å². The fourth-order valence-electron chi connectivity index (χ4n) is 1.93. The van der Waals surface area contributed by atoms with E-state index in [0.29, 0.717) is 0 Å². The third kappa shape index (κ3) is 2.97. The van der Waals surface area contributed by atoms with Crippen molar-refractivity contribution in [3.63, 3.8) is 0 Å². The lowest BCUT2D eigenvalue weighted by molar-refractivity contribution is 0.560. The van der Waals surface area contributed by atoms with Crippen molar-refractivity contribution in [3.8, 4) is 11.8 Å². The maximum absolute atomic E-state index is 13.7. The van der Waals surface area contributed by atoms with E-state index in [0.717, 1.165) is 36.8 Å². The first-order chi connectivity index (χ1) is 7.86. The van der Waals surface area contributed by atoms with Gasteiger partial charge >= 0.3 is 0 Å². The Balaban J connectivity index is 2.12. The molecule has 0 radical (unpaired) electrons. The Hall–Kier alpha value is -1.55. The second-order valence-corrected chi connectivity index (χ2v) is 4.09. The normalized spacial score (nSPS) is 15.2. The summed E-state index contributed by atoms with van der Waals surface area (Å²) in [5, 5.41) is 0. The third-order valence-corrected chi connectivity index (χ3v) is 2.86. The lowest BCUT2D eigenvalue weighted by Gasteiger charge is -2.12. The van der Waals surface area contributed by atoms with Gasteiger partial charge in [0.25, 0.3) is 0 Å². The molecule has 1 fully saturated rings. The van der Waals surface area contributed by atoms with E-state index in [-0.39, 0.29) is 5.83 Å². The van der Waals surface area contributed by atoms with Crippen LogP contribution in [0.25, 0.3) is 0 Å². The van der Waals surface area contributed by atoms with Crippen molar-refractivity contribution in [1.82, 2.24) is 0 Å². The molecule has 0 heterocycles. The van der Waals surface area contributed by atoms with Crippen molar-refractivity contribution in [2.75, 3.05) is 0 Å². The molecule has 0 spiro atoms. The van der Waals surface area contributed by atoms with Crippen molar-refractivity contribution in [3.05, 3.63) is 47.3 Å². The smallest absolute Gasteiger partial charge is 0.172 e. The first-order valence-corrected chi connectivity index (χ1v) is 5.81. The summed E-state index contributed by atoms with van der Waals surface area (Å²) in [6.07, 6.45) is 5.21. The molecule has 0 bridgehead atoms. The SMILES string of the molecule is FC(C#Cc1ccccc1)=C1CCCCC1. The van der Waals surface area contributed by atoms with Crippen molar-refractivity contribution in [2.45, 2.75) is 32.1 Å². The highest BCUT2D eigenvalue weighted by Gasteiger charge is 2.09. The van der Waals surface area contributed by atoms with E-state index in [1.165, 1.54) is 6.42 Å². The number of halogens is 1. The summed E-state index contributed by atoms with van der Waals surface area (Å²) in [5.41, 5.74) is 1.78. The summed E-state index contributed by atoms with van der Waals surface area (Å²) in [6.45, 7) is 0. The van der Waals surface area contributed by atoms with Gasteiger partial charge < -0.3 is 0 Å². The van der Waals surface area contributed by atoms with E-state index < -0.39 is 0 Å². The zero-order valence-corrected chi connectivity index (χ0v) is 9.30. The molecular formula is C15H15F. The van der Waals surface area contributed by atoms with Crippen molar-refractivity contribution in [2.24, 2.45) is 0 Å². The third-order valence-electron chi connectivity index (χ3n) is 2.86. The quantitative estimate of drug-likeness (QED) is 0.567. The number of rotatable bonds is 0. The Morgan fingerprint density at radius 2 is 1.69 bits per heavy atom. The molecule has 16 heavy (non-hydrogen) atoms. The van der Waals surface area contributed by atoms with Crippen LogP contribution in [0.15, 0.2) is 41.7 Å². The molecule has 1 aliphatic carbocycles. The van der Waals surface area contributed by atoms with Gasteiger partial charge in [-0.1, -0.05) is 30.5 Å². The van der Waals surface area contributed by atoms with Gasteiger partial charge in [-0.25, -0.2) is 0 Å². The van der Waals surface area contributed by atoms with Gasteiger partial charge in [0.1, 0.15) is 0 Å². The highest BCUT2D eigenvalue weighted by atomic mass is 19.1. The highest BCUT2D eigenvalue weighted by Crippen LogP contribution is 2.25. The molecule has 0 N–H and O–H groups in total. The minimum absolute atomic E-state index is 0.205. The number of allylic oxidation sites excluding steroid dienone is 2. The van der Waals surface area contributed by atoms with Crippen LogP contribution in [-0.2, 0) is 0 Å². The van der Waals surface area contributed by atoms with Crippen LogP contribution in [0.1, 0.15) is 37.7 Å². The van der Waals surface area contributed by atoms with Crippen LogP contribution < -0.4 is 0 Å². The largest absolute Gasteiger partial charge is 0.197 e. The Kier molecular flexibility index (Phi) is 3.77. The summed E-state index contributed by atoms with van der Waals surface area (Å²) in [7, 11) is 0. The standard InChI is InChI=1S/C15H15F/c16-15(14-9-5-2-6-10-14)12-11-13-7-3-1-4-8-13/h1,3-4,7-8H,2,5-6,9-10H2. The second kappa shape index (κ2) is 5.51. The van der Waals surface area contributed by atoms with Crippen LogP contribution in [0.4, 0.5) is 4.39 Å². The molecule has 1 aliphatic rings. The molecule has 0 atom stereocenters. The number of benzene rings is 1. The second-order valence-electron chi connectivity index (χ2n) is 4.09. The zero-order valence-electron chi connectivity index (χ0n) is 9.30. The molecule has 1 saturated carbocycles. The summed E-state index contributed by atoms with van der Waals surface area (Å²) >= 11 is 0. The van der Waals surface area contributed by atoms with Crippen LogP contribution >= 0.6 is 0 Å². The topological polar surface area (TPSA) is 0 Å². The van der Waals surface area contributed by atoms with Gasteiger partial charge in [0.15, 0.2) is 5.83 Å². The maximum atomic E-state index is 13.7. The molecule has 0 amide bonds. The Bertz CT molecular complexity index is 423. The van der Waals surface area contributed by atoms with Gasteiger partial charge in [-0.3, -0.25) is 0 Å². The summed E-state index contributed by atoms with van der Waals surface area (Å²) in [4.78, 5) is 0. The first kappa shape index (κ1) is 11.0. The van der Waals surface area contributed by atoms with E-state index in [4.69, 9.17) is 0 Å². The lowest BCUT2D eigenvalue weighted by Crippen LogP contribution is -1.95. The molecule has 0 aliphatic heterocycles. The molecule has 0 nitrogen and oxygen atoms in total. The predicted molar refractivity (Wildman–Crippen MR) is 64.5 cm³/mol. The molecular weight excluding hydrogens is 199 g/mol. The number of hydrogen-bond acceptors (Lipinski definition) is 0. The van der Waals surface area contributed by atoms with Crippen molar-refractivity contribution >= 4 is 0 Å². The van der Waals surface area contributed by atoms with Crippen molar-refractivity contribution < 1.29 is 4.39 Å². The Morgan fingerprint density at radius 1 is 1.00 bits per heavy atom. The molecule has 0 aromatic heterocycles. The van der Waals surface area contributed by atoms with E-state index in [2.05, 4.69) is 11.8 Å². The van der Waals surface area contributed by atoms with Crippen LogP contribution in [0.3, 0.4) is 0 Å². The summed E-state index contributed by atoms with van der Waals surface area (Å²) in [5.74, 6) is 5.29. The van der Waals surface area contributed by atoms with Crippen LogP contribution in [-0.4, -0.2) is 0 Å². The summed E-state index contributed by atoms with van der Waals surface area (Å²) < 4.78 is 13.7. The average molecular weight is 214 g/mol. The van der Waals surface area contributed by atoms with Gasteiger partial charge in [0.2, 0.25) is 0 Å². The number of hydrogen-bond donors (Lipinski definition) is 0. The monoisotopic (exact) mass is 214 g/mol. The van der Waals surface area contributed by atoms with E-state index in [9.17, 15) is 4.39 Å². The zero-order chi connectivity index (χ0) is 11.2. The fraction of sp³-hybridized carbons (Fsp3) is 0.333. The molecule has 2 rings (SSSR count). The first-order valence-electron chi connectivity index (χ1n) is 5.81. The molecule has 1 heteroatoms. The van der Waals surface area contributed by atoms with Gasteiger partial charge in [-0.15, -0.1) is 0 Å². The van der Waals surface area contributed by atoms with Gasteiger partial charge in [0, 0.05) is 5.56 Å².